The maximum Gasteiger partial charge on any atom is 0.0954 e. The van der Waals surface area contributed by atoms with Crippen molar-refractivity contribution in [2.75, 3.05) is 13.1 Å². The van der Waals surface area contributed by atoms with Crippen molar-refractivity contribution in [2.24, 2.45) is 0 Å². The predicted octanol–water partition coefficient (Wildman–Crippen LogP) is 2.93. The molecule has 1 aliphatic rings. The molecule has 1 fully saturated rings. The fraction of sp³-hybridized carbons (Fsp3) is 0.462. The van der Waals surface area contributed by atoms with Gasteiger partial charge in [-0.05, 0) is 30.8 Å². The van der Waals surface area contributed by atoms with Gasteiger partial charge in [0.05, 0.1) is 18.2 Å². The first-order chi connectivity index (χ1) is 8.45. The van der Waals surface area contributed by atoms with Crippen LogP contribution in [0.15, 0.2) is 29.4 Å². The molecule has 2 aromatic heterocycles. The van der Waals surface area contributed by atoms with Crippen LogP contribution in [0.3, 0.4) is 0 Å². The Balaban J connectivity index is 1.90. The Bertz CT molecular complexity index is 453. The van der Waals surface area contributed by atoms with E-state index in [1.54, 1.807) is 11.3 Å². The van der Waals surface area contributed by atoms with Crippen molar-refractivity contribution in [3.05, 3.63) is 29.4 Å². The van der Waals surface area contributed by atoms with E-state index in [9.17, 15) is 0 Å². The average molecular weight is 247 g/mol. The Kier molecular flexibility index (Phi) is 3.25. The number of aromatic nitrogens is 2. The van der Waals surface area contributed by atoms with E-state index in [1.807, 2.05) is 12.5 Å². The van der Waals surface area contributed by atoms with Crippen molar-refractivity contribution in [1.82, 2.24) is 14.9 Å². The maximum atomic E-state index is 4.32. The van der Waals surface area contributed by atoms with Gasteiger partial charge in [0.2, 0.25) is 0 Å². The molecule has 0 spiro atoms. The molecule has 0 amide bonds. The number of imidazole rings is 1. The summed E-state index contributed by atoms with van der Waals surface area (Å²) in [6.45, 7) is 2.21. The van der Waals surface area contributed by atoms with Gasteiger partial charge >= 0.3 is 0 Å². The van der Waals surface area contributed by atoms with Crippen molar-refractivity contribution in [2.45, 2.75) is 25.3 Å². The maximum absolute atomic E-state index is 4.32. The van der Waals surface area contributed by atoms with Crippen LogP contribution in [-0.2, 0) is 0 Å². The Morgan fingerprint density at radius 1 is 1.41 bits per heavy atom. The van der Waals surface area contributed by atoms with E-state index < -0.39 is 0 Å². The van der Waals surface area contributed by atoms with Crippen LogP contribution >= 0.6 is 11.3 Å². The second-order valence-corrected chi connectivity index (χ2v) is 5.33. The fourth-order valence-electron chi connectivity index (χ4n) is 2.47. The Labute approximate surface area is 106 Å². The highest BCUT2D eigenvalue weighted by Crippen LogP contribution is 2.27. The quantitative estimate of drug-likeness (QED) is 0.884. The molecule has 3 heterocycles. The lowest BCUT2D eigenvalue weighted by molar-refractivity contribution is 0.465. The summed E-state index contributed by atoms with van der Waals surface area (Å²) in [7, 11) is 0. The average Bonchev–Trinajstić information content (AvgIpc) is 2.95. The van der Waals surface area contributed by atoms with Gasteiger partial charge < -0.3 is 9.88 Å². The van der Waals surface area contributed by atoms with Gasteiger partial charge in [-0.2, -0.15) is 11.3 Å². The molecule has 0 radical (unpaired) electrons. The lowest BCUT2D eigenvalue weighted by atomic mass is 10.1. The molecule has 0 aliphatic carbocycles. The lowest BCUT2D eigenvalue weighted by Crippen LogP contribution is -2.23. The summed E-state index contributed by atoms with van der Waals surface area (Å²) < 4.78 is 2.33. The van der Waals surface area contributed by atoms with E-state index in [4.69, 9.17) is 0 Å². The third-order valence-electron chi connectivity index (χ3n) is 3.40. The van der Waals surface area contributed by atoms with Gasteiger partial charge in [0.1, 0.15) is 0 Å². The number of thiophene rings is 1. The normalized spacial score (nSPS) is 21.3. The molecule has 0 bridgehead atoms. The van der Waals surface area contributed by atoms with Gasteiger partial charge in [-0.1, -0.05) is 6.42 Å². The minimum absolute atomic E-state index is 0.551. The van der Waals surface area contributed by atoms with E-state index in [0.29, 0.717) is 6.04 Å². The summed E-state index contributed by atoms with van der Waals surface area (Å²) >= 11 is 1.74. The molecule has 1 N–H and O–H groups in total. The summed E-state index contributed by atoms with van der Waals surface area (Å²) in [6, 6.07) is 2.72. The number of hydrogen-bond donors (Lipinski definition) is 1. The molecule has 4 heteroatoms. The zero-order valence-electron chi connectivity index (χ0n) is 9.80. The summed E-state index contributed by atoms with van der Waals surface area (Å²) in [5, 5.41) is 7.83. The number of hydrogen-bond acceptors (Lipinski definition) is 3. The fourth-order valence-corrected chi connectivity index (χ4v) is 3.12. The molecule has 0 aromatic carbocycles. The smallest absolute Gasteiger partial charge is 0.0954 e. The van der Waals surface area contributed by atoms with E-state index >= 15 is 0 Å². The highest BCUT2D eigenvalue weighted by atomic mass is 32.1. The predicted molar refractivity (Wildman–Crippen MR) is 71.3 cm³/mol. The van der Waals surface area contributed by atoms with Gasteiger partial charge in [0.15, 0.2) is 0 Å². The summed E-state index contributed by atoms with van der Waals surface area (Å²) in [4.78, 5) is 4.32. The molecule has 3 rings (SSSR count). The van der Waals surface area contributed by atoms with Crippen molar-refractivity contribution in [3.8, 4) is 11.3 Å². The van der Waals surface area contributed by atoms with E-state index in [1.165, 1.54) is 30.5 Å². The zero-order chi connectivity index (χ0) is 11.5. The highest BCUT2D eigenvalue weighted by Gasteiger charge is 2.16. The standard InChI is InChI=1S/C13H17N3S/c1-2-5-14-7-12(3-1)16-10-15-8-13(16)11-4-6-17-9-11/h4,6,8-10,12,14H,1-3,5,7H2. The van der Waals surface area contributed by atoms with Crippen LogP contribution in [0.25, 0.3) is 11.3 Å². The van der Waals surface area contributed by atoms with Crippen molar-refractivity contribution in [3.63, 3.8) is 0 Å². The van der Waals surface area contributed by atoms with Gasteiger partial charge in [0, 0.05) is 23.5 Å². The van der Waals surface area contributed by atoms with Gasteiger partial charge in [0.25, 0.3) is 0 Å². The molecular formula is C13H17N3S. The summed E-state index contributed by atoms with van der Waals surface area (Å²) in [5.41, 5.74) is 2.54. The van der Waals surface area contributed by atoms with Gasteiger partial charge in [-0.3, -0.25) is 0 Å². The molecule has 3 nitrogen and oxygen atoms in total. The SMILES string of the molecule is c1cc(-c2cncn2C2CCCCNC2)cs1. The summed E-state index contributed by atoms with van der Waals surface area (Å²) in [6.07, 6.45) is 7.80. The van der Waals surface area contributed by atoms with Crippen LogP contribution < -0.4 is 5.32 Å². The van der Waals surface area contributed by atoms with Gasteiger partial charge in [-0.15, -0.1) is 0 Å². The third-order valence-corrected chi connectivity index (χ3v) is 4.08. The first-order valence-corrected chi connectivity index (χ1v) is 7.14. The van der Waals surface area contributed by atoms with Crippen molar-refractivity contribution < 1.29 is 0 Å². The molecule has 0 saturated carbocycles. The zero-order valence-corrected chi connectivity index (χ0v) is 10.6. The first-order valence-electron chi connectivity index (χ1n) is 6.20. The first kappa shape index (κ1) is 11.0. The van der Waals surface area contributed by atoms with Crippen LogP contribution in [0, 0.1) is 0 Å². The molecular weight excluding hydrogens is 230 g/mol. The van der Waals surface area contributed by atoms with Crippen molar-refractivity contribution >= 4 is 11.3 Å². The van der Waals surface area contributed by atoms with Crippen LogP contribution in [-0.4, -0.2) is 22.6 Å². The van der Waals surface area contributed by atoms with Crippen LogP contribution in [0.2, 0.25) is 0 Å². The van der Waals surface area contributed by atoms with Crippen LogP contribution in [0.4, 0.5) is 0 Å². The van der Waals surface area contributed by atoms with Gasteiger partial charge in [-0.25, -0.2) is 4.98 Å². The topological polar surface area (TPSA) is 29.9 Å². The number of nitrogens with one attached hydrogen (secondary N) is 1. The number of nitrogens with zero attached hydrogens (tertiary/aromatic N) is 2. The minimum Gasteiger partial charge on any atom is -0.326 e. The largest absolute Gasteiger partial charge is 0.326 e. The summed E-state index contributed by atoms with van der Waals surface area (Å²) in [5.74, 6) is 0. The second kappa shape index (κ2) is 5.02. The van der Waals surface area contributed by atoms with E-state index in [-0.39, 0.29) is 0 Å². The van der Waals surface area contributed by atoms with Crippen LogP contribution in [0.5, 0.6) is 0 Å². The van der Waals surface area contributed by atoms with Crippen LogP contribution in [0.1, 0.15) is 25.3 Å². The lowest BCUT2D eigenvalue weighted by Gasteiger charge is -2.18. The molecule has 1 aliphatic heterocycles. The molecule has 1 atom stereocenters. The molecule has 2 aromatic rings. The number of rotatable bonds is 2. The highest BCUT2D eigenvalue weighted by molar-refractivity contribution is 7.08. The second-order valence-electron chi connectivity index (χ2n) is 4.55. The molecule has 1 saturated heterocycles. The van der Waals surface area contributed by atoms with E-state index in [0.717, 1.165) is 13.1 Å². The Morgan fingerprint density at radius 3 is 3.29 bits per heavy atom. The Morgan fingerprint density at radius 2 is 2.41 bits per heavy atom. The van der Waals surface area contributed by atoms with E-state index in [2.05, 4.69) is 31.7 Å². The molecule has 90 valence electrons. The monoisotopic (exact) mass is 247 g/mol. The minimum atomic E-state index is 0.551. The third kappa shape index (κ3) is 2.28. The Hall–Kier alpha value is -1.13. The molecule has 17 heavy (non-hydrogen) atoms. The molecule has 1 unspecified atom stereocenters. The van der Waals surface area contributed by atoms with Crippen molar-refractivity contribution in [1.29, 1.82) is 0 Å².